The zero-order valence-electron chi connectivity index (χ0n) is 16.7. The molecule has 2 aromatic rings. The van der Waals surface area contributed by atoms with Crippen LogP contribution in [0.4, 0.5) is 11.5 Å². The monoisotopic (exact) mass is 415 g/mol. The number of carbonyl (C=O) groups is 3. The van der Waals surface area contributed by atoms with Crippen molar-refractivity contribution in [2.75, 3.05) is 17.6 Å². The molecule has 0 unspecified atom stereocenters. The second-order valence-electron chi connectivity index (χ2n) is 7.74. The molecule has 1 saturated heterocycles. The third-order valence-electron chi connectivity index (χ3n) is 5.41. The Hall–Kier alpha value is -2.94. The molecule has 0 aliphatic carbocycles. The Morgan fingerprint density at radius 2 is 2.07 bits per heavy atom. The second kappa shape index (κ2) is 7.82. The minimum Gasteiger partial charge on any atom is -0.383 e. The van der Waals surface area contributed by atoms with Crippen molar-refractivity contribution in [1.29, 1.82) is 0 Å². The number of amides is 3. The molecule has 3 rings (SSSR count). The lowest BCUT2D eigenvalue weighted by Crippen LogP contribution is -2.55. The van der Waals surface area contributed by atoms with Crippen LogP contribution in [0.15, 0.2) is 24.4 Å². The van der Waals surface area contributed by atoms with Crippen molar-refractivity contribution in [2.24, 2.45) is 11.7 Å². The number of likely N-dealkylation sites (tertiary alicyclic amines) is 1. The molecule has 3 amide bonds. The molecular weight excluding hydrogens is 390 g/mol. The predicted molar refractivity (Wildman–Crippen MR) is 112 cm³/mol. The van der Waals surface area contributed by atoms with Crippen LogP contribution >= 0.6 is 11.3 Å². The molecular formula is C20H25N5O3S. The van der Waals surface area contributed by atoms with E-state index in [-0.39, 0.29) is 5.92 Å². The molecule has 2 atom stereocenters. The largest absolute Gasteiger partial charge is 0.383 e. The van der Waals surface area contributed by atoms with Gasteiger partial charge in [-0.2, -0.15) is 0 Å². The summed E-state index contributed by atoms with van der Waals surface area (Å²) in [6.07, 6.45) is 3.02. The lowest BCUT2D eigenvalue weighted by molar-refractivity contribution is -0.150. The first-order valence-electron chi connectivity index (χ1n) is 9.37. The summed E-state index contributed by atoms with van der Waals surface area (Å²) in [7, 11) is 0. The van der Waals surface area contributed by atoms with Crippen LogP contribution in [-0.2, 0) is 15.1 Å². The number of aromatic nitrogens is 1. The molecule has 0 aromatic carbocycles. The Bertz CT molecular complexity index is 973. The fourth-order valence-corrected chi connectivity index (χ4v) is 4.59. The maximum atomic E-state index is 13.1. The number of anilines is 2. The van der Waals surface area contributed by atoms with Crippen molar-refractivity contribution in [3.05, 3.63) is 39.7 Å². The van der Waals surface area contributed by atoms with E-state index in [4.69, 9.17) is 11.5 Å². The summed E-state index contributed by atoms with van der Waals surface area (Å²) in [5.41, 5.74) is 11.5. The highest BCUT2D eigenvalue weighted by atomic mass is 32.1. The molecule has 154 valence electrons. The van der Waals surface area contributed by atoms with Crippen LogP contribution in [0.3, 0.4) is 0 Å². The fourth-order valence-electron chi connectivity index (χ4n) is 3.55. The van der Waals surface area contributed by atoms with Crippen LogP contribution < -0.4 is 16.8 Å². The van der Waals surface area contributed by atoms with E-state index >= 15 is 0 Å². The molecule has 1 aliphatic heterocycles. The number of primary amides is 1. The fraction of sp³-hybridized carbons (Fsp3) is 0.400. The van der Waals surface area contributed by atoms with Gasteiger partial charge in [-0.3, -0.25) is 14.4 Å². The van der Waals surface area contributed by atoms with Crippen molar-refractivity contribution < 1.29 is 14.4 Å². The van der Waals surface area contributed by atoms with Crippen molar-refractivity contribution in [2.45, 2.75) is 39.2 Å². The van der Waals surface area contributed by atoms with E-state index < -0.39 is 23.3 Å². The first kappa shape index (κ1) is 20.8. The normalized spacial score (nSPS) is 21.6. The Kier molecular flexibility index (Phi) is 5.61. The number of carbonyl (C=O) groups excluding carboxylic acids is 3. The van der Waals surface area contributed by atoms with E-state index in [9.17, 15) is 14.4 Å². The number of nitrogen functional groups attached to an aromatic ring is 1. The molecule has 5 N–H and O–H groups in total. The standard InChI is InChI=1S/C20H25N5O3S/c1-11-6-7-20(3,15-5-4-14(29-15)17(22)26)25(10-11)19(28)18(27)24-13-8-12(2)16(21)23-9-13/h4-5,8-9,11H,6-7,10H2,1-3H3,(H2,21,23)(H2,22,26)(H,24,27)/t11-,20-/m0/s1. The summed E-state index contributed by atoms with van der Waals surface area (Å²) in [6.45, 7) is 6.20. The summed E-state index contributed by atoms with van der Waals surface area (Å²) in [6, 6.07) is 5.15. The first-order chi connectivity index (χ1) is 13.6. The van der Waals surface area contributed by atoms with Gasteiger partial charge in [0.15, 0.2) is 0 Å². The third-order valence-corrected chi connectivity index (χ3v) is 6.76. The molecule has 1 aliphatic rings. The van der Waals surface area contributed by atoms with Gasteiger partial charge < -0.3 is 21.7 Å². The Morgan fingerprint density at radius 3 is 2.69 bits per heavy atom. The summed E-state index contributed by atoms with van der Waals surface area (Å²) >= 11 is 1.26. The smallest absolute Gasteiger partial charge is 0.313 e. The van der Waals surface area contributed by atoms with Crippen LogP contribution in [0.5, 0.6) is 0 Å². The molecule has 3 heterocycles. The molecule has 0 radical (unpaired) electrons. The predicted octanol–water partition coefficient (Wildman–Crippen LogP) is 2.25. The average Bonchev–Trinajstić information content (AvgIpc) is 3.17. The van der Waals surface area contributed by atoms with Crippen molar-refractivity contribution >= 4 is 40.6 Å². The second-order valence-corrected chi connectivity index (χ2v) is 8.83. The zero-order chi connectivity index (χ0) is 21.3. The summed E-state index contributed by atoms with van der Waals surface area (Å²) < 4.78 is 0. The van der Waals surface area contributed by atoms with E-state index in [1.807, 2.05) is 19.9 Å². The van der Waals surface area contributed by atoms with Crippen LogP contribution in [0.2, 0.25) is 0 Å². The summed E-state index contributed by atoms with van der Waals surface area (Å²) in [4.78, 5) is 44.2. The highest BCUT2D eigenvalue weighted by Gasteiger charge is 2.44. The first-order valence-corrected chi connectivity index (χ1v) is 10.2. The molecule has 1 fully saturated rings. The Morgan fingerprint density at radius 1 is 1.34 bits per heavy atom. The number of aryl methyl sites for hydroxylation is 1. The van der Waals surface area contributed by atoms with E-state index in [1.165, 1.54) is 17.5 Å². The lowest BCUT2D eigenvalue weighted by atomic mass is 9.82. The van der Waals surface area contributed by atoms with Gasteiger partial charge in [-0.15, -0.1) is 11.3 Å². The quantitative estimate of drug-likeness (QED) is 0.662. The van der Waals surface area contributed by atoms with Crippen LogP contribution in [-0.4, -0.2) is 34.2 Å². The summed E-state index contributed by atoms with van der Waals surface area (Å²) in [5.74, 6) is -1.23. The van der Waals surface area contributed by atoms with Gasteiger partial charge >= 0.3 is 11.8 Å². The number of nitrogens with two attached hydrogens (primary N) is 2. The number of hydrogen-bond acceptors (Lipinski definition) is 6. The van der Waals surface area contributed by atoms with E-state index in [0.29, 0.717) is 34.9 Å². The molecule has 8 nitrogen and oxygen atoms in total. The van der Waals surface area contributed by atoms with Gasteiger partial charge in [0.25, 0.3) is 5.91 Å². The van der Waals surface area contributed by atoms with Gasteiger partial charge in [0, 0.05) is 11.4 Å². The van der Waals surface area contributed by atoms with Gasteiger partial charge in [0.2, 0.25) is 0 Å². The number of nitrogens with one attached hydrogen (secondary N) is 1. The molecule has 9 heteroatoms. The van der Waals surface area contributed by atoms with E-state index in [1.54, 1.807) is 24.0 Å². The minimum absolute atomic E-state index is 0.260. The zero-order valence-corrected chi connectivity index (χ0v) is 17.5. The van der Waals surface area contributed by atoms with E-state index in [0.717, 1.165) is 11.3 Å². The lowest BCUT2D eigenvalue weighted by Gasteiger charge is -2.46. The van der Waals surface area contributed by atoms with Gasteiger partial charge in [-0.25, -0.2) is 4.98 Å². The number of piperidine rings is 1. The van der Waals surface area contributed by atoms with Crippen molar-refractivity contribution in [1.82, 2.24) is 9.88 Å². The number of pyridine rings is 1. The van der Waals surface area contributed by atoms with Gasteiger partial charge in [-0.1, -0.05) is 6.92 Å². The van der Waals surface area contributed by atoms with Crippen molar-refractivity contribution in [3.8, 4) is 0 Å². The highest BCUT2D eigenvalue weighted by molar-refractivity contribution is 7.14. The van der Waals surface area contributed by atoms with Gasteiger partial charge in [0.1, 0.15) is 5.82 Å². The van der Waals surface area contributed by atoms with Gasteiger partial charge in [0.05, 0.1) is 22.3 Å². The Balaban J connectivity index is 1.87. The minimum atomic E-state index is -0.733. The van der Waals surface area contributed by atoms with Crippen LogP contribution in [0.1, 0.15) is 46.8 Å². The molecule has 2 aromatic heterocycles. The molecule has 0 spiro atoms. The maximum absolute atomic E-state index is 13.1. The topological polar surface area (TPSA) is 131 Å². The number of hydrogen-bond donors (Lipinski definition) is 3. The third kappa shape index (κ3) is 4.09. The highest BCUT2D eigenvalue weighted by Crippen LogP contribution is 2.42. The average molecular weight is 416 g/mol. The van der Waals surface area contributed by atoms with Crippen LogP contribution in [0.25, 0.3) is 0 Å². The SMILES string of the molecule is Cc1cc(NC(=O)C(=O)N2C[C@@H](C)CC[C@@]2(C)c2ccc(C(N)=O)s2)cnc1N. The molecule has 29 heavy (non-hydrogen) atoms. The van der Waals surface area contributed by atoms with Crippen LogP contribution in [0, 0.1) is 12.8 Å². The Labute approximate surface area is 173 Å². The van der Waals surface area contributed by atoms with Gasteiger partial charge in [-0.05, 0) is 56.4 Å². The maximum Gasteiger partial charge on any atom is 0.313 e. The number of thiophene rings is 1. The number of rotatable bonds is 3. The van der Waals surface area contributed by atoms with E-state index in [2.05, 4.69) is 10.3 Å². The molecule has 0 saturated carbocycles. The number of nitrogens with zero attached hydrogens (tertiary/aromatic N) is 2. The summed E-state index contributed by atoms with van der Waals surface area (Å²) in [5, 5.41) is 2.62. The van der Waals surface area contributed by atoms with Crippen molar-refractivity contribution in [3.63, 3.8) is 0 Å². The molecule has 0 bridgehead atoms.